The largest absolute Gasteiger partial charge is 0.461 e. The molecule has 2 aromatic rings. The zero-order valence-electron chi connectivity index (χ0n) is 15.6. The number of hydrogen-bond acceptors (Lipinski definition) is 3. The number of nitrogens with one attached hydrogen (secondary N) is 2. The number of furan rings is 1. The number of halogens is 1. The van der Waals surface area contributed by atoms with Gasteiger partial charge in [0, 0.05) is 49.4 Å². The smallest absolute Gasteiger partial charge is 0.191 e. The molecule has 1 aromatic heterocycles. The van der Waals surface area contributed by atoms with Gasteiger partial charge in [0.1, 0.15) is 11.3 Å². The zero-order valence-corrected chi connectivity index (χ0v) is 17.9. The van der Waals surface area contributed by atoms with Gasteiger partial charge < -0.3 is 19.8 Å². The molecule has 0 bridgehead atoms. The van der Waals surface area contributed by atoms with Crippen molar-refractivity contribution in [2.75, 3.05) is 20.2 Å². The van der Waals surface area contributed by atoms with Crippen LogP contribution in [-0.4, -0.2) is 38.3 Å². The van der Waals surface area contributed by atoms with Crippen LogP contribution >= 0.6 is 24.0 Å². The Balaban J connectivity index is 0.00000196. The molecule has 142 valence electrons. The molecule has 26 heavy (non-hydrogen) atoms. The summed E-state index contributed by atoms with van der Waals surface area (Å²) < 4.78 is 11.7. The van der Waals surface area contributed by atoms with E-state index in [0.717, 1.165) is 48.7 Å². The van der Waals surface area contributed by atoms with E-state index >= 15 is 0 Å². The van der Waals surface area contributed by atoms with Crippen molar-refractivity contribution in [3.05, 3.63) is 36.1 Å². The van der Waals surface area contributed by atoms with E-state index in [9.17, 15) is 0 Å². The van der Waals surface area contributed by atoms with E-state index in [1.807, 2.05) is 25.2 Å². The monoisotopic (exact) mass is 469 g/mol. The highest BCUT2D eigenvalue weighted by Crippen LogP contribution is 2.52. The maximum Gasteiger partial charge on any atom is 0.191 e. The fourth-order valence-corrected chi connectivity index (χ4v) is 4.42. The average Bonchev–Trinajstić information content (AvgIpc) is 3.22. The fourth-order valence-electron chi connectivity index (χ4n) is 4.42. The minimum atomic E-state index is 0. The number of nitrogens with zero attached hydrogens (tertiary/aromatic N) is 1. The topological polar surface area (TPSA) is 58.8 Å². The Hall–Kier alpha value is -1.28. The summed E-state index contributed by atoms with van der Waals surface area (Å²) in [4.78, 5) is 4.39. The third kappa shape index (κ3) is 3.45. The molecule has 0 radical (unpaired) electrons. The number of hydrogen-bond donors (Lipinski definition) is 2. The van der Waals surface area contributed by atoms with Crippen LogP contribution in [0.25, 0.3) is 11.0 Å². The lowest BCUT2D eigenvalue weighted by atomic mass is 9.57. The van der Waals surface area contributed by atoms with Gasteiger partial charge in [0.2, 0.25) is 0 Å². The Morgan fingerprint density at radius 1 is 1.31 bits per heavy atom. The van der Waals surface area contributed by atoms with Crippen molar-refractivity contribution in [2.45, 2.75) is 38.8 Å². The minimum absolute atomic E-state index is 0. The van der Waals surface area contributed by atoms with Crippen molar-refractivity contribution in [1.29, 1.82) is 0 Å². The van der Waals surface area contributed by atoms with Crippen LogP contribution in [0, 0.1) is 11.3 Å². The van der Waals surface area contributed by atoms with Gasteiger partial charge in [-0.3, -0.25) is 4.99 Å². The molecule has 1 aliphatic carbocycles. The molecule has 2 fully saturated rings. The lowest BCUT2D eigenvalue weighted by Gasteiger charge is -2.54. The fraction of sp³-hybridized carbons (Fsp3) is 0.550. The molecular formula is C20H28IN3O2. The van der Waals surface area contributed by atoms with Gasteiger partial charge in [-0.2, -0.15) is 0 Å². The lowest BCUT2D eigenvalue weighted by Crippen LogP contribution is -2.68. The molecular weight excluding hydrogens is 441 g/mol. The van der Waals surface area contributed by atoms with Crippen LogP contribution < -0.4 is 10.6 Å². The molecule has 1 saturated heterocycles. The van der Waals surface area contributed by atoms with Crippen LogP contribution in [-0.2, 0) is 11.2 Å². The van der Waals surface area contributed by atoms with E-state index in [1.54, 1.807) is 0 Å². The molecule has 1 aliphatic heterocycles. The number of rotatable bonds is 4. The molecule has 0 amide bonds. The molecule has 1 saturated carbocycles. The second kappa shape index (κ2) is 7.76. The quantitative estimate of drug-likeness (QED) is 0.409. The zero-order chi connectivity index (χ0) is 17.4. The highest BCUT2D eigenvalue weighted by Gasteiger charge is 2.59. The van der Waals surface area contributed by atoms with Crippen molar-refractivity contribution in [2.24, 2.45) is 16.3 Å². The first-order valence-electron chi connectivity index (χ1n) is 9.16. The summed E-state index contributed by atoms with van der Waals surface area (Å²) in [5.74, 6) is 2.46. The van der Waals surface area contributed by atoms with Gasteiger partial charge in [-0.1, -0.05) is 32.0 Å². The van der Waals surface area contributed by atoms with Gasteiger partial charge in [-0.05, 0) is 18.6 Å². The second-order valence-corrected chi connectivity index (χ2v) is 7.69. The third-order valence-corrected chi connectivity index (χ3v) is 5.76. The van der Waals surface area contributed by atoms with Gasteiger partial charge in [0.05, 0.1) is 6.10 Å². The average molecular weight is 469 g/mol. The van der Waals surface area contributed by atoms with Crippen LogP contribution in [0.2, 0.25) is 0 Å². The number of guanidine groups is 1. The molecule has 4 rings (SSSR count). The van der Waals surface area contributed by atoms with Crippen molar-refractivity contribution in [1.82, 2.24) is 10.6 Å². The highest BCUT2D eigenvalue weighted by molar-refractivity contribution is 14.0. The van der Waals surface area contributed by atoms with Crippen LogP contribution in [0.1, 0.15) is 26.0 Å². The number of ether oxygens (including phenoxy) is 1. The predicted octanol–water partition coefficient (Wildman–Crippen LogP) is 3.57. The van der Waals surface area contributed by atoms with Gasteiger partial charge in [-0.25, -0.2) is 0 Å². The molecule has 0 spiro atoms. The summed E-state index contributed by atoms with van der Waals surface area (Å²) in [6.45, 7) is 6.23. The van der Waals surface area contributed by atoms with Gasteiger partial charge >= 0.3 is 0 Å². The molecule has 2 aliphatic rings. The standard InChI is InChI=1S/C20H27N3O2.HI/c1-20(2)17(15-9-11-24-18(15)20)23-19(21-3)22-10-8-14-12-13-6-4-5-7-16(13)25-14;/h4-7,12,15,17-18H,8-11H2,1-3H3,(H2,21,22,23);1H. The summed E-state index contributed by atoms with van der Waals surface area (Å²) in [7, 11) is 1.82. The van der Waals surface area contributed by atoms with Crippen molar-refractivity contribution in [3.63, 3.8) is 0 Å². The van der Waals surface area contributed by atoms with Crippen LogP contribution in [0.3, 0.4) is 0 Å². The van der Waals surface area contributed by atoms with E-state index in [-0.39, 0.29) is 29.4 Å². The SMILES string of the molecule is CN=C(NCCc1cc2ccccc2o1)NC1C2CCOC2C1(C)C.I. The molecule has 3 atom stereocenters. The normalized spacial score (nSPS) is 26.7. The van der Waals surface area contributed by atoms with E-state index in [0.29, 0.717) is 18.1 Å². The van der Waals surface area contributed by atoms with Crippen LogP contribution in [0.5, 0.6) is 0 Å². The third-order valence-electron chi connectivity index (χ3n) is 5.76. The highest BCUT2D eigenvalue weighted by atomic mass is 127. The lowest BCUT2D eigenvalue weighted by molar-refractivity contribution is -0.106. The Kier molecular flexibility index (Phi) is 5.81. The first kappa shape index (κ1) is 19.5. The molecule has 2 N–H and O–H groups in total. The van der Waals surface area contributed by atoms with E-state index < -0.39 is 0 Å². The van der Waals surface area contributed by atoms with E-state index in [2.05, 4.69) is 41.6 Å². The number of benzene rings is 1. The van der Waals surface area contributed by atoms with Crippen molar-refractivity contribution >= 4 is 40.9 Å². The van der Waals surface area contributed by atoms with Crippen molar-refractivity contribution < 1.29 is 9.15 Å². The Morgan fingerprint density at radius 3 is 2.88 bits per heavy atom. The number of para-hydroxylation sites is 1. The molecule has 2 heterocycles. The maximum atomic E-state index is 5.87. The maximum absolute atomic E-state index is 5.87. The van der Waals surface area contributed by atoms with Gasteiger partial charge in [-0.15, -0.1) is 24.0 Å². The minimum Gasteiger partial charge on any atom is -0.461 e. The summed E-state index contributed by atoms with van der Waals surface area (Å²) in [5, 5.41) is 8.18. The molecule has 1 aromatic carbocycles. The first-order valence-corrected chi connectivity index (χ1v) is 9.16. The summed E-state index contributed by atoms with van der Waals surface area (Å²) in [5.41, 5.74) is 1.10. The number of aliphatic imine (C=N–C) groups is 1. The van der Waals surface area contributed by atoms with Gasteiger partial charge in [0.25, 0.3) is 0 Å². The Morgan fingerprint density at radius 2 is 2.12 bits per heavy atom. The second-order valence-electron chi connectivity index (χ2n) is 7.69. The summed E-state index contributed by atoms with van der Waals surface area (Å²) in [6, 6.07) is 10.6. The van der Waals surface area contributed by atoms with Crippen LogP contribution in [0.15, 0.2) is 39.7 Å². The van der Waals surface area contributed by atoms with Gasteiger partial charge in [0.15, 0.2) is 5.96 Å². The first-order chi connectivity index (χ1) is 12.1. The Labute approximate surface area is 172 Å². The predicted molar refractivity (Wildman–Crippen MR) is 115 cm³/mol. The molecule has 3 unspecified atom stereocenters. The van der Waals surface area contributed by atoms with Crippen LogP contribution in [0.4, 0.5) is 0 Å². The summed E-state index contributed by atoms with van der Waals surface area (Å²) in [6.07, 6.45) is 2.36. The van der Waals surface area contributed by atoms with E-state index in [1.165, 1.54) is 0 Å². The number of fused-ring (bicyclic) bond motifs is 2. The van der Waals surface area contributed by atoms with E-state index in [4.69, 9.17) is 9.15 Å². The summed E-state index contributed by atoms with van der Waals surface area (Å²) >= 11 is 0. The molecule has 6 heteroatoms. The molecule has 5 nitrogen and oxygen atoms in total. The Bertz CT molecular complexity index is 753. The van der Waals surface area contributed by atoms with Crippen molar-refractivity contribution in [3.8, 4) is 0 Å².